The van der Waals surface area contributed by atoms with E-state index in [0.29, 0.717) is 6.42 Å². The van der Waals surface area contributed by atoms with Crippen LogP contribution in [0.4, 0.5) is 0 Å². The minimum atomic E-state index is 0.00431. The average Bonchev–Trinajstić information content (AvgIpc) is 2.01. The van der Waals surface area contributed by atoms with Crippen LogP contribution < -0.4 is 0 Å². The van der Waals surface area contributed by atoms with E-state index < -0.39 is 0 Å². The van der Waals surface area contributed by atoms with Gasteiger partial charge in [0.15, 0.2) is 0 Å². The van der Waals surface area contributed by atoms with E-state index in [9.17, 15) is 4.79 Å². The van der Waals surface area contributed by atoms with Gasteiger partial charge in [0.1, 0.15) is 5.78 Å². The summed E-state index contributed by atoms with van der Waals surface area (Å²) in [7, 11) is 0. The van der Waals surface area contributed by atoms with Crippen molar-refractivity contribution in [1.29, 1.82) is 0 Å². The summed E-state index contributed by atoms with van der Waals surface area (Å²) in [5.41, 5.74) is 1.76. The molecular formula is C10H11BrO2. The Kier molecular flexibility index (Phi) is 3.63. The highest BCUT2D eigenvalue weighted by Gasteiger charge is 2.01. The zero-order valence-corrected chi connectivity index (χ0v) is 8.97. The predicted octanol–water partition coefficient (Wildman–Crippen LogP) is 2.07. The monoisotopic (exact) mass is 242 g/mol. The highest BCUT2D eigenvalue weighted by molar-refractivity contribution is 9.10. The maximum atomic E-state index is 10.8. The highest BCUT2D eigenvalue weighted by Crippen LogP contribution is 2.16. The van der Waals surface area contributed by atoms with E-state index in [-0.39, 0.29) is 12.4 Å². The number of halogens is 1. The quantitative estimate of drug-likeness (QED) is 0.882. The van der Waals surface area contributed by atoms with Crippen LogP contribution in [0.3, 0.4) is 0 Å². The summed E-state index contributed by atoms with van der Waals surface area (Å²) in [5.74, 6) is 0.127. The van der Waals surface area contributed by atoms with Crippen LogP contribution in [0.25, 0.3) is 0 Å². The van der Waals surface area contributed by atoms with Crippen molar-refractivity contribution in [3.05, 3.63) is 33.8 Å². The molecule has 3 heteroatoms. The number of aliphatic hydroxyl groups excluding tert-OH is 1. The molecule has 0 spiro atoms. The molecule has 1 N–H and O–H groups in total. The molecule has 0 aliphatic rings. The molecule has 0 aromatic heterocycles. The summed E-state index contributed by atoms with van der Waals surface area (Å²) in [5, 5.41) is 8.91. The fourth-order valence-corrected chi connectivity index (χ4v) is 1.79. The molecular weight excluding hydrogens is 232 g/mol. The Hall–Kier alpha value is -0.670. The molecule has 0 fully saturated rings. The summed E-state index contributed by atoms with van der Waals surface area (Å²) >= 11 is 3.32. The largest absolute Gasteiger partial charge is 0.392 e. The first-order valence-corrected chi connectivity index (χ1v) is 4.80. The molecule has 0 radical (unpaired) electrons. The first-order valence-electron chi connectivity index (χ1n) is 4.00. The van der Waals surface area contributed by atoms with Gasteiger partial charge >= 0.3 is 0 Å². The van der Waals surface area contributed by atoms with Gasteiger partial charge in [-0.2, -0.15) is 0 Å². The van der Waals surface area contributed by atoms with Gasteiger partial charge in [0.2, 0.25) is 0 Å². The number of hydrogen-bond acceptors (Lipinski definition) is 2. The highest BCUT2D eigenvalue weighted by atomic mass is 79.9. The van der Waals surface area contributed by atoms with E-state index in [1.807, 2.05) is 18.2 Å². The van der Waals surface area contributed by atoms with Crippen LogP contribution in [0.15, 0.2) is 22.7 Å². The third-order valence-corrected chi connectivity index (χ3v) is 2.11. The Labute approximate surface area is 85.7 Å². The molecule has 1 aromatic rings. The molecule has 0 bridgehead atoms. The van der Waals surface area contributed by atoms with Gasteiger partial charge in [0.05, 0.1) is 6.61 Å². The lowest BCUT2D eigenvalue weighted by atomic mass is 10.1. The van der Waals surface area contributed by atoms with Crippen molar-refractivity contribution >= 4 is 21.7 Å². The number of aliphatic hydroxyl groups is 1. The van der Waals surface area contributed by atoms with Crippen LogP contribution in [-0.2, 0) is 17.8 Å². The topological polar surface area (TPSA) is 37.3 Å². The van der Waals surface area contributed by atoms with Crippen molar-refractivity contribution in [2.45, 2.75) is 20.0 Å². The van der Waals surface area contributed by atoms with Gasteiger partial charge in [-0.25, -0.2) is 0 Å². The normalized spacial score (nSPS) is 10.1. The SMILES string of the molecule is CC(=O)Cc1cc(Br)cc(CO)c1. The van der Waals surface area contributed by atoms with Crippen molar-refractivity contribution < 1.29 is 9.90 Å². The predicted molar refractivity (Wildman–Crippen MR) is 54.4 cm³/mol. The molecule has 0 saturated carbocycles. The van der Waals surface area contributed by atoms with E-state index in [0.717, 1.165) is 15.6 Å². The van der Waals surface area contributed by atoms with Crippen molar-refractivity contribution in [2.75, 3.05) is 0 Å². The van der Waals surface area contributed by atoms with Crippen LogP contribution in [0.1, 0.15) is 18.1 Å². The summed E-state index contributed by atoms with van der Waals surface area (Å²) in [6.07, 6.45) is 0.423. The van der Waals surface area contributed by atoms with Crippen LogP contribution in [0.5, 0.6) is 0 Å². The lowest BCUT2D eigenvalue weighted by Crippen LogP contribution is -1.97. The zero-order valence-electron chi connectivity index (χ0n) is 7.38. The van der Waals surface area contributed by atoms with Gasteiger partial charge in [-0.3, -0.25) is 4.79 Å². The van der Waals surface area contributed by atoms with Gasteiger partial charge in [-0.15, -0.1) is 0 Å². The van der Waals surface area contributed by atoms with E-state index in [1.165, 1.54) is 0 Å². The van der Waals surface area contributed by atoms with E-state index >= 15 is 0 Å². The first-order chi connectivity index (χ1) is 6.11. The third-order valence-electron chi connectivity index (χ3n) is 1.65. The number of carbonyl (C=O) groups is 1. The van der Waals surface area contributed by atoms with Crippen LogP contribution in [0.2, 0.25) is 0 Å². The molecule has 13 heavy (non-hydrogen) atoms. The first kappa shape index (κ1) is 10.4. The number of ketones is 1. The summed E-state index contributed by atoms with van der Waals surface area (Å²) in [6.45, 7) is 1.56. The van der Waals surface area contributed by atoms with E-state index in [2.05, 4.69) is 15.9 Å². The van der Waals surface area contributed by atoms with Gasteiger partial charge < -0.3 is 5.11 Å². The number of rotatable bonds is 3. The number of carbonyl (C=O) groups excluding carboxylic acids is 1. The molecule has 0 atom stereocenters. The van der Waals surface area contributed by atoms with E-state index in [4.69, 9.17) is 5.11 Å². The van der Waals surface area contributed by atoms with Crippen molar-refractivity contribution in [2.24, 2.45) is 0 Å². The lowest BCUT2D eigenvalue weighted by Gasteiger charge is -2.02. The van der Waals surface area contributed by atoms with Gasteiger partial charge in [0.25, 0.3) is 0 Å². The fraction of sp³-hybridized carbons (Fsp3) is 0.300. The van der Waals surface area contributed by atoms with E-state index in [1.54, 1.807) is 6.92 Å². The standard InChI is InChI=1S/C10H11BrO2/c1-7(13)2-8-3-9(6-12)5-10(11)4-8/h3-5,12H,2,6H2,1H3. The van der Waals surface area contributed by atoms with Gasteiger partial charge in [-0.05, 0) is 30.2 Å². The second kappa shape index (κ2) is 4.53. The van der Waals surface area contributed by atoms with Gasteiger partial charge in [0, 0.05) is 10.9 Å². The molecule has 0 aliphatic heterocycles. The number of benzene rings is 1. The molecule has 0 amide bonds. The second-order valence-electron chi connectivity index (χ2n) is 3.00. The fourth-order valence-electron chi connectivity index (χ4n) is 1.20. The second-order valence-corrected chi connectivity index (χ2v) is 3.92. The Morgan fingerprint density at radius 2 is 2.00 bits per heavy atom. The molecule has 0 unspecified atom stereocenters. The molecule has 2 nitrogen and oxygen atoms in total. The summed E-state index contributed by atoms with van der Waals surface area (Å²) in [4.78, 5) is 10.8. The Bertz CT molecular complexity index is 321. The molecule has 70 valence electrons. The molecule has 1 aromatic carbocycles. The summed E-state index contributed by atoms with van der Waals surface area (Å²) in [6, 6.07) is 5.57. The molecule has 0 heterocycles. The smallest absolute Gasteiger partial charge is 0.134 e. The number of hydrogen-bond donors (Lipinski definition) is 1. The van der Waals surface area contributed by atoms with Gasteiger partial charge in [-0.1, -0.05) is 22.0 Å². The zero-order chi connectivity index (χ0) is 9.84. The van der Waals surface area contributed by atoms with Crippen molar-refractivity contribution in [3.8, 4) is 0 Å². The molecule has 0 saturated heterocycles. The Morgan fingerprint density at radius 1 is 1.38 bits per heavy atom. The maximum Gasteiger partial charge on any atom is 0.134 e. The maximum absolute atomic E-state index is 10.8. The molecule has 1 rings (SSSR count). The van der Waals surface area contributed by atoms with Crippen molar-refractivity contribution in [3.63, 3.8) is 0 Å². The molecule has 0 aliphatic carbocycles. The van der Waals surface area contributed by atoms with Crippen molar-refractivity contribution in [1.82, 2.24) is 0 Å². The summed E-state index contributed by atoms with van der Waals surface area (Å²) < 4.78 is 0.898. The number of Topliss-reactive ketones (excluding diaryl/α,β-unsaturated/α-hetero) is 1. The van der Waals surface area contributed by atoms with Crippen LogP contribution in [0, 0.1) is 0 Å². The van der Waals surface area contributed by atoms with Crippen LogP contribution in [-0.4, -0.2) is 10.9 Å². The van der Waals surface area contributed by atoms with Crippen LogP contribution >= 0.6 is 15.9 Å². The Morgan fingerprint density at radius 3 is 2.54 bits per heavy atom. The minimum absolute atomic E-state index is 0.00431. The average molecular weight is 243 g/mol. The third kappa shape index (κ3) is 3.28. The Balaban J connectivity index is 2.94. The minimum Gasteiger partial charge on any atom is -0.392 e. The lowest BCUT2D eigenvalue weighted by molar-refractivity contribution is -0.116.